The van der Waals surface area contributed by atoms with E-state index in [2.05, 4.69) is 19.2 Å². The summed E-state index contributed by atoms with van der Waals surface area (Å²) in [4.78, 5) is 0. The van der Waals surface area contributed by atoms with E-state index in [9.17, 15) is 4.39 Å². The van der Waals surface area contributed by atoms with Crippen molar-refractivity contribution in [2.75, 3.05) is 26.3 Å². The SMILES string of the molecule is CCOCC(CNCC(C)C)Cc1ccc(F)cc1. The van der Waals surface area contributed by atoms with E-state index in [-0.39, 0.29) is 5.82 Å². The molecule has 0 radical (unpaired) electrons. The molecule has 3 heteroatoms. The fourth-order valence-corrected chi connectivity index (χ4v) is 2.00. The monoisotopic (exact) mass is 267 g/mol. The molecule has 0 heterocycles. The molecule has 0 bridgehead atoms. The zero-order valence-corrected chi connectivity index (χ0v) is 12.3. The average Bonchev–Trinajstić information content (AvgIpc) is 2.38. The van der Waals surface area contributed by atoms with Crippen LogP contribution in [0.1, 0.15) is 26.3 Å². The van der Waals surface area contributed by atoms with Gasteiger partial charge >= 0.3 is 0 Å². The Morgan fingerprint density at radius 1 is 1.16 bits per heavy atom. The summed E-state index contributed by atoms with van der Waals surface area (Å²) >= 11 is 0. The number of halogens is 1. The van der Waals surface area contributed by atoms with Crippen LogP contribution < -0.4 is 5.32 Å². The summed E-state index contributed by atoms with van der Waals surface area (Å²) in [5.74, 6) is 0.908. The van der Waals surface area contributed by atoms with Crippen molar-refractivity contribution >= 4 is 0 Å². The minimum Gasteiger partial charge on any atom is -0.381 e. The van der Waals surface area contributed by atoms with Gasteiger partial charge in [0, 0.05) is 13.2 Å². The summed E-state index contributed by atoms with van der Waals surface area (Å²) in [7, 11) is 0. The van der Waals surface area contributed by atoms with E-state index in [0.717, 1.165) is 38.3 Å². The molecule has 2 nitrogen and oxygen atoms in total. The first-order chi connectivity index (χ1) is 9.11. The normalized spacial score (nSPS) is 12.9. The Kier molecular flexibility index (Phi) is 7.68. The molecule has 0 aliphatic rings. The molecular weight excluding hydrogens is 241 g/mol. The van der Waals surface area contributed by atoms with E-state index in [1.54, 1.807) is 0 Å². The molecule has 1 aromatic rings. The van der Waals surface area contributed by atoms with Gasteiger partial charge in [-0.25, -0.2) is 4.39 Å². The average molecular weight is 267 g/mol. The number of ether oxygens (including phenoxy) is 1. The first kappa shape index (κ1) is 16.1. The first-order valence-electron chi connectivity index (χ1n) is 7.14. The van der Waals surface area contributed by atoms with Crippen LogP contribution in [0.25, 0.3) is 0 Å². The second-order valence-electron chi connectivity index (χ2n) is 5.41. The van der Waals surface area contributed by atoms with Crippen molar-refractivity contribution in [1.82, 2.24) is 5.32 Å². The van der Waals surface area contributed by atoms with Gasteiger partial charge in [0.05, 0.1) is 6.61 Å². The van der Waals surface area contributed by atoms with Crippen LogP contribution in [-0.2, 0) is 11.2 Å². The van der Waals surface area contributed by atoms with Gasteiger partial charge in [0.1, 0.15) is 5.82 Å². The molecule has 0 saturated heterocycles. The van der Waals surface area contributed by atoms with Crippen LogP contribution in [-0.4, -0.2) is 26.3 Å². The van der Waals surface area contributed by atoms with E-state index in [0.29, 0.717) is 11.8 Å². The van der Waals surface area contributed by atoms with Crippen molar-refractivity contribution in [1.29, 1.82) is 0 Å². The van der Waals surface area contributed by atoms with Crippen LogP contribution in [0.5, 0.6) is 0 Å². The zero-order valence-electron chi connectivity index (χ0n) is 12.3. The van der Waals surface area contributed by atoms with Crippen LogP contribution in [0.4, 0.5) is 4.39 Å². The van der Waals surface area contributed by atoms with Gasteiger partial charge in [0.25, 0.3) is 0 Å². The lowest BCUT2D eigenvalue weighted by atomic mass is 9.99. The van der Waals surface area contributed by atoms with Gasteiger partial charge in [0.15, 0.2) is 0 Å². The van der Waals surface area contributed by atoms with Crippen LogP contribution in [0.2, 0.25) is 0 Å². The molecule has 1 atom stereocenters. The molecule has 1 N–H and O–H groups in total. The zero-order chi connectivity index (χ0) is 14.1. The largest absolute Gasteiger partial charge is 0.381 e. The lowest BCUT2D eigenvalue weighted by Crippen LogP contribution is -2.30. The summed E-state index contributed by atoms with van der Waals surface area (Å²) in [6.45, 7) is 9.86. The first-order valence-corrected chi connectivity index (χ1v) is 7.14. The number of rotatable bonds is 9. The van der Waals surface area contributed by atoms with Gasteiger partial charge in [-0.1, -0.05) is 26.0 Å². The Balaban J connectivity index is 2.45. The van der Waals surface area contributed by atoms with E-state index >= 15 is 0 Å². The number of nitrogens with one attached hydrogen (secondary N) is 1. The van der Waals surface area contributed by atoms with Crippen molar-refractivity contribution in [3.63, 3.8) is 0 Å². The quantitative estimate of drug-likeness (QED) is 0.741. The summed E-state index contributed by atoms with van der Waals surface area (Å²) in [5, 5.41) is 3.47. The lowest BCUT2D eigenvalue weighted by molar-refractivity contribution is 0.109. The molecule has 19 heavy (non-hydrogen) atoms. The molecule has 0 saturated carbocycles. The van der Waals surface area contributed by atoms with Crippen molar-refractivity contribution < 1.29 is 9.13 Å². The van der Waals surface area contributed by atoms with Gasteiger partial charge in [0.2, 0.25) is 0 Å². The maximum atomic E-state index is 12.9. The third kappa shape index (κ3) is 7.28. The van der Waals surface area contributed by atoms with Crippen molar-refractivity contribution in [3.8, 4) is 0 Å². The Labute approximate surface area is 116 Å². The molecule has 0 amide bonds. The molecule has 0 spiro atoms. The van der Waals surface area contributed by atoms with Crippen LogP contribution >= 0.6 is 0 Å². The minimum absolute atomic E-state index is 0.178. The van der Waals surface area contributed by atoms with Crippen molar-refractivity contribution in [2.45, 2.75) is 27.2 Å². The van der Waals surface area contributed by atoms with Crippen molar-refractivity contribution in [3.05, 3.63) is 35.6 Å². The van der Waals surface area contributed by atoms with Crippen LogP contribution in [0.3, 0.4) is 0 Å². The highest BCUT2D eigenvalue weighted by molar-refractivity contribution is 5.16. The van der Waals surface area contributed by atoms with E-state index < -0.39 is 0 Å². The second-order valence-corrected chi connectivity index (χ2v) is 5.41. The summed E-state index contributed by atoms with van der Waals surface area (Å²) in [5.41, 5.74) is 1.16. The van der Waals surface area contributed by atoms with E-state index in [4.69, 9.17) is 4.74 Å². The highest BCUT2D eigenvalue weighted by Crippen LogP contribution is 2.10. The fourth-order valence-electron chi connectivity index (χ4n) is 2.00. The van der Waals surface area contributed by atoms with Gasteiger partial charge in [-0.05, 0) is 49.4 Å². The van der Waals surface area contributed by atoms with Gasteiger partial charge in [-0.3, -0.25) is 0 Å². The van der Waals surface area contributed by atoms with Crippen LogP contribution in [0, 0.1) is 17.7 Å². The smallest absolute Gasteiger partial charge is 0.123 e. The van der Waals surface area contributed by atoms with Crippen LogP contribution in [0.15, 0.2) is 24.3 Å². The maximum absolute atomic E-state index is 12.9. The Morgan fingerprint density at radius 3 is 2.42 bits per heavy atom. The molecule has 1 unspecified atom stereocenters. The predicted molar refractivity (Wildman–Crippen MR) is 77.8 cm³/mol. The number of hydrogen-bond donors (Lipinski definition) is 1. The van der Waals surface area contributed by atoms with Gasteiger partial charge < -0.3 is 10.1 Å². The third-order valence-electron chi connectivity index (χ3n) is 2.98. The number of hydrogen-bond acceptors (Lipinski definition) is 2. The Bertz CT molecular complexity index is 337. The highest BCUT2D eigenvalue weighted by Gasteiger charge is 2.10. The van der Waals surface area contributed by atoms with E-state index in [1.165, 1.54) is 12.1 Å². The standard InChI is InChI=1S/C16H26FNO/c1-4-19-12-15(11-18-10-13(2)3)9-14-5-7-16(17)8-6-14/h5-8,13,15,18H,4,9-12H2,1-3H3. The summed E-state index contributed by atoms with van der Waals surface area (Å²) < 4.78 is 18.4. The Hall–Kier alpha value is -0.930. The highest BCUT2D eigenvalue weighted by atomic mass is 19.1. The predicted octanol–water partition coefficient (Wildman–Crippen LogP) is 3.27. The summed E-state index contributed by atoms with van der Waals surface area (Å²) in [6.07, 6.45) is 0.922. The Morgan fingerprint density at radius 2 is 1.84 bits per heavy atom. The molecule has 0 fully saturated rings. The topological polar surface area (TPSA) is 21.3 Å². The molecule has 1 rings (SSSR count). The molecule has 0 aliphatic carbocycles. The molecule has 0 aromatic heterocycles. The molecule has 108 valence electrons. The fraction of sp³-hybridized carbons (Fsp3) is 0.625. The minimum atomic E-state index is -0.178. The van der Waals surface area contributed by atoms with E-state index in [1.807, 2.05) is 19.1 Å². The lowest BCUT2D eigenvalue weighted by Gasteiger charge is -2.18. The third-order valence-corrected chi connectivity index (χ3v) is 2.98. The number of benzene rings is 1. The van der Waals surface area contributed by atoms with Gasteiger partial charge in [-0.15, -0.1) is 0 Å². The second kappa shape index (κ2) is 9.05. The molecular formula is C16H26FNO. The van der Waals surface area contributed by atoms with Gasteiger partial charge in [-0.2, -0.15) is 0 Å². The molecule has 1 aromatic carbocycles. The van der Waals surface area contributed by atoms with Crippen molar-refractivity contribution in [2.24, 2.45) is 11.8 Å². The molecule has 0 aliphatic heterocycles. The maximum Gasteiger partial charge on any atom is 0.123 e. The summed E-state index contributed by atoms with van der Waals surface area (Å²) in [6, 6.07) is 6.76.